The maximum Gasteiger partial charge on any atom is 0.387 e. The van der Waals surface area contributed by atoms with E-state index in [4.69, 9.17) is 0 Å². The molecular formula is C17H16F2N4O. The van der Waals surface area contributed by atoms with Crippen LogP contribution in [0.4, 0.5) is 8.78 Å². The summed E-state index contributed by atoms with van der Waals surface area (Å²) in [4.78, 5) is 0. The quantitative estimate of drug-likeness (QED) is 0.802. The zero-order valence-corrected chi connectivity index (χ0v) is 13.0. The number of alkyl halides is 2. The molecule has 1 aromatic carbocycles. The topological polar surface area (TPSA) is 63.7 Å². The molecule has 0 saturated carbocycles. The number of hydrogen-bond acceptors (Lipinski definition) is 4. The van der Waals surface area contributed by atoms with E-state index in [0.717, 1.165) is 38.1 Å². The first-order chi connectivity index (χ1) is 11.7. The van der Waals surface area contributed by atoms with Gasteiger partial charge in [-0.1, -0.05) is 18.6 Å². The van der Waals surface area contributed by atoms with E-state index in [-0.39, 0.29) is 5.75 Å². The van der Waals surface area contributed by atoms with E-state index in [0.29, 0.717) is 17.0 Å². The molecule has 5 nitrogen and oxygen atoms in total. The molecule has 2 heterocycles. The van der Waals surface area contributed by atoms with Gasteiger partial charge >= 0.3 is 6.61 Å². The Kier molecular flexibility index (Phi) is 4.85. The minimum absolute atomic E-state index is 0.0806. The molecule has 0 aliphatic carbocycles. The van der Waals surface area contributed by atoms with Gasteiger partial charge in [0.15, 0.2) is 5.82 Å². The predicted octanol–water partition coefficient (Wildman–Crippen LogP) is 3.67. The summed E-state index contributed by atoms with van der Waals surface area (Å²) < 4.78 is 30.7. The Labute approximate surface area is 138 Å². The summed E-state index contributed by atoms with van der Waals surface area (Å²) >= 11 is 0. The van der Waals surface area contributed by atoms with Crippen molar-refractivity contribution in [3.8, 4) is 11.8 Å². The van der Waals surface area contributed by atoms with Gasteiger partial charge in [-0.15, -0.1) is 10.2 Å². The third kappa shape index (κ3) is 3.59. The van der Waals surface area contributed by atoms with Gasteiger partial charge in [0.25, 0.3) is 0 Å². The Hall–Kier alpha value is -2.75. The van der Waals surface area contributed by atoms with E-state index in [1.165, 1.54) is 12.1 Å². The molecule has 24 heavy (non-hydrogen) atoms. The first kappa shape index (κ1) is 16.1. The van der Waals surface area contributed by atoms with Crippen LogP contribution in [-0.4, -0.2) is 21.4 Å². The standard InChI is InChI=1S/C17H16F2N4O/c18-17(19)24-14-7-5-12(6-8-14)10-13(11-20)16-22-21-15-4-2-1-3-9-23(15)16/h5-8,10,17H,1-4,9H2. The van der Waals surface area contributed by atoms with Crippen LogP contribution in [-0.2, 0) is 13.0 Å². The molecular weight excluding hydrogens is 314 g/mol. The number of hydrogen-bond donors (Lipinski definition) is 0. The fourth-order valence-corrected chi connectivity index (χ4v) is 2.74. The normalized spacial score (nSPS) is 14.8. The summed E-state index contributed by atoms with van der Waals surface area (Å²) in [5.41, 5.74) is 1.11. The van der Waals surface area contributed by atoms with Crippen molar-refractivity contribution in [1.29, 1.82) is 5.26 Å². The summed E-state index contributed by atoms with van der Waals surface area (Å²) in [7, 11) is 0. The maximum atomic E-state index is 12.2. The summed E-state index contributed by atoms with van der Waals surface area (Å²) in [6.07, 6.45) is 5.80. The lowest BCUT2D eigenvalue weighted by Crippen LogP contribution is -2.05. The van der Waals surface area contributed by atoms with Crippen LogP contribution >= 0.6 is 0 Å². The van der Waals surface area contributed by atoms with Gasteiger partial charge in [0, 0.05) is 13.0 Å². The summed E-state index contributed by atoms with van der Waals surface area (Å²) in [6, 6.07) is 8.28. The zero-order valence-electron chi connectivity index (χ0n) is 13.0. The number of halogens is 2. The van der Waals surface area contributed by atoms with Crippen molar-refractivity contribution in [2.24, 2.45) is 0 Å². The van der Waals surface area contributed by atoms with E-state index < -0.39 is 6.61 Å². The second-order valence-electron chi connectivity index (χ2n) is 5.52. The number of fused-ring (bicyclic) bond motifs is 1. The fraction of sp³-hybridized carbons (Fsp3) is 0.353. The number of nitrogens with zero attached hydrogens (tertiary/aromatic N) is 4. The van der Waals surface area contributed by atoms with Crippen molar-refractivity contribution in [2.75, 3.05) is 0 Å². The van der Waals surface area contributed by atoms with Crippen LogP contribution in [0.3, 0.4) is 0 Å². The third-order valence-corrected chi connectivity index (χ3v) is 3.89. The first-order valence-electron chi connectivity index (χ1n) is 7.76. The van der Waals surface area contributed by atoms with E-state index in [1.54, 1.807) is 18.2 Å². The van der Waals surface area contributed by atoms with Crippen LogP contribution in [0.25, 0.3) is 11.6 Å². The van der Waals surface area contributed by atoms with Crippen molar-refractivity contribution in [3.63, 3.8) is 0 Å². The average molecular weight is 330 g/mol. The highest BCUT2D eigenvalue weighted by Gasteiger charge is 2.17. The van der Waals surface area contributed by atoms with Crippen LogP contribution in [0, 0.1) is 11.3 Å². The van der Waals surface area contributed by atoms with Gasteiger partial charge in [0.05, 0.1) is 5.57 Å². The molecule has 7 heteroatoms. The number of ether oxygens (including phenoxy) is 1. The van der Waals surface area contributed by atoms with Crippen LogP contribution in [0.15, 0.2) is 24.3 Å². The predicted molar refractivity (Wildman–Crippen MR) is 84.1 cm³/mol. The Bertz CT molecular complexity index is 775. The molecule has 0 amide bonds. The maximum absolute atomic E-state index is 12.2. The van der Waals surface area contributed by atoms with Crippen molar-refractivity contribution in [1.82, 2.24) is 14.8 Å². The van der Waals surface area contributed by atoms with Crippen LogP contribution in [0.5, 0.6) is 5.75 Å². The lowest BCUT2D eigenvalue weighted by Gasteiger charge is -2.06. The highest BCUT2D eigenvalue weighted by atomic mass is 19.3. The number of allylic oxidation sites excluding steroid dienone is 1. The SMILES string of the molecule is N#CC(=Cc1ccc(OC(F)F)cc1)c1nnc2n1CCCCC2. The fourth-order valence-electron chi connectivity index (χ4n) is 2.74. The molecule has 2 aromatic rings. The number of benzene rings is 1. The number of nitriles is 1. The van der Waals surface area contributed by atoms with Gasteiger partial charge in [-0.2, -0.15) is 14.0 Å². The lowest BCUT2D eigenvalue weighted by atomic mass is 10.1. The first-order valence-corrected chi connectivity index (χ1v) is 7.76. The lowest BCUT2D eigenvalue weighted by molar-refractivity contribution is -0.0498. The monoisotopic (exact) mass is 330 g/mol. The van der Waals surface area contributed by atoms with Crippen molar-refractivity contribution in [3.05, 3.63) is 41.5 Å². The number of aryl methyl sites for hydroxylation is 1. The molecule has 0 unspecified atom stereocenters. The van der Waals surface area contributed by atoms with Crippen molar-refractivity contribution >= 4 is 11.6 Å². The third-order valence-electron chi connectivity index (χ3n) is 3.89. The van der Waals surface area contributed by atoms with Crippen molar-refractivity contribution < 1.29 is 13.5 Å². The molecule has 0 N–H and O–H groups in total. The molecule has 1 aromatic heterocycles. The summed E-state index contributed by atoms with van der Waals surface area (Å²) in [5, 5.41) is 17.8. The minimum Gasteiger partial charge on any atom is -0.435 e. The zero-order chi connectivity index (χ0) is 16.9. The van der Waals surface area contributed by atoms with Crippen LogP contribution in [0.2, 0.25) is 0 Å². The second-order valence-corrected chi connectivity index (χ2v) is 5.52. The Morgan fingerprint density at radius 1 is 1.21 bits per heavy atom. The smallest absolute Gasteiger partial charge is 0.387 e. The molecule has 3 rings (SSSR count). The minimum atomic E-state index is -2.85. The average Bonchev–Trinajstić information content (AvgIpc) is 2.82. The Balaban J connectivity index is 1.88. The van der Waals surface area contributed by atoms with E-state index in [9.17, 15) is 14.0 Å². The van der Waals surface area contributed by atoms with Crippen LogP contribution < -0.4 is 4.74 Å². The second kappa shape index (κ2) is 7.21. The van der Waals surface area contributed by atoms with Crippen LogP contribution in [0.1, 0.15) is 36.5 Å². The van der Waals surface area contributed by atoms with Gasteiger partial charge in [-0.3, -0.25) is 0 Å². The molecule has 0 fully saturated rings. The molecule has 1 aliphatic rings. The molecule has 0 saturated heterocycles. The molecule has 1 aliphatic heterocycles. The number of aromatic nitrogens is 3. The van der Waals surface area contributed by atoms with E-state index in [2.05, 4.69) is 21.0 Å². The van der Waals surface area contributed by atoms with Gasteiger partial charge in [-0.25, -0.2) is 0 Å². The Morgan fingerprint density at radius 2 is 2.00 bits per heavy atom. The van der Waals surface area contributed by atoms with E-state index >= 15 is 0 Å². The Morgan fingerprint density at radius 3 is 2.71 bits per heavy atom. The van der Waals surface area contributed by atoms with Gasteiger partial charge in [0.1, 0.15) is 17.6 Å². The summed E-state index contributed by atoms with van der Waals surface area (Å²) in [6.45, 7) is -2.05. The molecule has 124 valence electrons. The molecule has 0 radical (unpaired) electrons. The highest BCUT2D eigenvalue weighted by molar-refractivity contribution is 5.87. The van der Waals surface area contributed by atoms with Gasteiger partial charge in [-0.05, 0) is 36.6 Å². The largest absolute Gasteiger partial charge is 0.435 e. The molecule has 0 atom stereocenters. The highest BCUT2D eigenvalue weighted by Crippen LogP contribution is 2.22. The van der Waals surface area contributed by atoms with Crippen molar-refractivity contribution in [2.45, 2.75) is 38.8 Å². The number of rotatable bonds is 4. The molecule has 0 bridgehead atoms. The van der Waals surface area contributed by atoms with Gasteiger partial charge in [0.2, 0.25) is 0 Å². The van der Waals surface area contributed by atoms with Gasteiger partial charge < -0.3 is 9.30 Å². The summed E-state index contributed by atoms with van der Waals surface area (Å²) in [5.74, 6) is 1.55. The molecule has 0 spiro atoms. The van der Waals surface area contributed by atoms with E-state index in [1.807, 2.05) is 4.57 Å².